The molecule has 0 radical (unpaired) electrons. The Morgan fingerprint density at radius 3 is 1.99 bits per heavy atom. The van der Waals surface area contributed by atoms with Gasteiger partial charge in [0, 0.05) is 70.0 Å². The summed E-state index contributed by atoms with van der Waals surface area (Å²) < 4.78 is 8.04. The molecule has 7 aliphatic heterocycles. The van der Waals surface area contributed by atoms with Crippen LogP contribution in [0.5, 0.6) is 11.5 Å². The Hall–Kier alpha value is -6.75. The van der Waals surface area contributed by atoms with Crippen molar-refractivity contribution in [1.29, 1.82) is 0 Å². The summed E-state index contributed by atoms with van der Waals surface area (Å²) in [7, 11) is 0. The van der Waals surface area contributed by atoms with E-state index in [0.29, 0.717) is 51.8 Å². The summed E-state index contributed by atoms with van der Waals surface area (Å²) in [4.78, 5) is 87.6. The predicted octanol–water partition coefficient (Wildman–Crippen LogP) is 6.37. The van der Waals surface area contributed by atoms with Crippen molar-refractivity contribution in [3.63, 3.8) is 0 Å². The number of para-hydroxylation sites is 1. The zero-order chi connectivity index (χ0) is 48.8. The largest absolute Gasteiger partial charge is 0.457 e. The summed E-state index contributed by atoms with van der Waals surface area (Å²) in [6.45, 7) is 8.78. The monoisotopic (exact) mass is 964 g/mol. The fourth-order valence-corrected chi connectivity index (χ4v) is 12.7. The van der Waals surface area contributed by atoms with E-state index in [-0.39, 0.29) is 24.9 Å². The maximum absolute atomic E-state index is 13.8. The quantitative estimate of drug-likeness (QED) is 0.150. The van der Waals surface area contributed by atoms with Gasteiger partial charge in [-0.1, -0.05) is 18.2 Å². The number of carbonyl (C=O) groups excluding carboxylic acids is 6. The predicted molar refractivity (Wildman–Crippen MR) is 266 cm³/mol. The molecule has 1 aromatic heterocycles. The highest BCUT2D eigenvalue weighted by molar-refractivity contribution is 6.23. The highest BCUT2D eigenvalue weighted by atomic mass is 16.5. The fraction of sp³-hybridized carbons (Fsp3) is 0.500. The van der Waals surface area contributed by atoms with Crippen LogP contribution >= 0.6 is 0 Å². The number of carbonyl (C=O) groups is 6. The Kier molecular flexibility index (Phi) is 13.0. The molecular formula is C54H64N10O7. The third-order valence-corrected chi connectivity index (χ3v) is 16.7. The third-order valence-electron chi connectivity index (χ3n) is 16.7. The molecule has 5 fully saturated rings. The van der Waals surface area contributed by atoms with Crippen LogP contribution in [0.1, 0.15) is 108 Å². The van der Waals surface area contributed by atoms with Gasteiger partial charge >= 0.3 is 6.03 Å². The molecule has 2 atom stereocenters. The number of fused-ring (bicyclic) bond motifs is 2. The van der Waals surface area contributed by atoms with Gasteiger partial charge in [-0.05, 0) is 156 Å². The van der Waals surface area contributed by atoms with Crippen LogP contribution in [0.25, 0.3) is 11.3 Å². The van der Waals surface area contributed by atoms with E-state index < -0.39 is 35.6 Å². The number of nitrogens with one attached hydrogen (secondary N) is 2. The van der Waals surface area contributed by atoms with Crippen molar-refractivity contribution < 1.29 is 33.5 Å². The number of nitrogens with two attached hydrogens (primary N) is 1. The van der Waals surface area contributed by atoms with Crippen LogP contribution in [0.4, 0.5) is 16.3 Å². The normalized spacial score (nSPS) is 23.1. The van der Waals surface area contributed by atoms with Crippen LogP contribution in [-0.2, 0) is 9.59 Å². The number of nitrogens with zero attached hydrogens (tertiary/aromatic N) is 7. The summed E-state index contributed by atoms with van der Waals surface area (Å²) in [6, 6.07) is 22.1. The average molecular weight is 965 g/mol. The zero-order valence-electron chi connectivity index (χ0n) is 40.3. The van der Waals surface area contributed by atoms with Crippen LogP contribution in [0.3, 0.4) is 0 Å². The molecule has 8 heterocycles. The van der Waals surface area contributed by atoms with Crippen LogP contribution in [0.15, 0.2) is 72.8 Å². The lowest BCUT2D eigenvalue weighted by atomic mass is 9.78. The molecule has 0 aliphatic carbocycles. The van der Waals surface area contributed by atoms with Gasteiger partial charge in [-0.3, -0.25) is 34.2 Å². The van der Waals surface area contributed by atoms with E-state index in [4.69, 9.17) is 15.6 Å². The summed E-state index contributed by atoms with van der Waals surface area (Å²) in [5, 5.41) is 10.8. The molecule has 0 saturated carbocycles. The lowest BCUT2D eigenvalue weighted by Gasteiger charge is -2.43. The summed E-state index contributed by atoms with van der Waals surface area (Å²) in [6.07, 6.45) is 9.43. The van der Waals surface area contributed by atoms with E-state index >= 15 is 0 Å². The minimum atomic E-state index is -0.976. The number of primary amides is 1. The van der Waals surface area contributed by atoms with E-state index in [2.05, 4.69) is 30.2 Å². The number of benzene rings is 3. The van der Waals surface area contributed by atoms with Crippen molar-refractivity contribution in [3.8, 4) is 22.8 Å². The van der Waals surface area contributed by atoms with Gasteiger partial charge in [0.15, 0.2) is 0 Å². The van der Waals surface area contributed by atoms with Crippen molar-refractivity contribution in [3.05, 3.63) is 89.5 Å². The maximum atomic E-state index is 13.8. The minimum Gasteiger partial charge on any atom is -0.457 e. The first kappa shape index (κ1) is 46.6. The number of anilines is 2. The number of urea groups is 1. The van der Waals surface area contributed by atoms with Gasteiger partial charge in [0.25, 0.3) is 17.7 Å². The van der Waals surface area contributed by atoms with E-state index in [1.807, 2.05) is 65.3 Å². The second-order valence-corrected chi connectivity index (χ2v) is 20.8. The molecule has 0 bridgehead atoms. The molecule has 11 rings (SSSR count). The van der Waals surface area contributed by atoms with Gasteiger partial charge in [-0.25, -0.2) is 9.48 Å². The summed E-state index contributed by atoms with van der Waals surface area (Å²) >= 11 is 0. The maximum Gasteiger partial charge on any atom is 0.319 e. The first-order chi connectivity index (χ1) is 34.6. The molecule has 7 aliphatic rings. The van der Waals surface area contributed by atoms with E-state index in [1.165, 1.54) is 0 Å². The Morgan fingerprint density at radius 1 is 0.676 bits per heavy atom. The third kappa shape index (κ3) is 9.36. The number of aromatic nitrogens is 2. The van der Waals surface area contributed by atoms with Crippen molar-refractivity contribution in [2.24, 2.45) is 29.4 Å². The lowest BCUT2D eigenvalue weighted by Crippen LogP contribution is -2.54. The highest BCUT2D eigenvalue weighted by Gasteiger charge is 2.45. The molecule has 71 heavy (non-hydrogen) atoms. The molecule has 3 aromatic carbocycles. The van der Waals surface area contributed by atoms with Crippen LogP contribution in [0.2, 0.25) is 0 Å². The first-order valence-corrected chi connectivity index (χ1v) is 25.9. The molecular weight excluding hydrogens is 901 g/mol. The summed E-state index contributed by atoms with van der Waals surface area (Å²) in [5.74, 6) is 1.89. The van der Waals surface area contributed by atoms with Gasteiger partial charge in [-0.15, -0.1) is 0 Å². The van der Waals surface area contributed by atoms with Crippen LogP contribution in [0, 0.1) is 23.7 Å². The molecule has 17 nitrogen and oxygen atoms in total. The van der Waals surface area contributed by atoms with E-state index in [9.17, 15) is 28.8 Å². The second kappa shape index (κ2) is 19.8. The Morgan fingerprint density at radius 2 is 1.31 bits per heavy atom. The first-order valence-electron chi connectivity index (χ1n) is 25.9. The molecule has 7 amide bonds. The molecule has 4 aromatic rings. The van der Waals surface area contributed by atoms with Crippen LogP contribution < -0.4 is 26.0 Å². The Bertz CT molecular complexity index is 2680. The van der Waals surface area contributed by atoms with Gasteiger partial charge in [0.1, 0.15) is 34.6 Å². The fourth-order valence-electron chi connectivity index (χ4n) is 12.7. The standard InChI is InChI=1S/C54H64N10O7/c55-49(66)47-48(38-6-9-41(10-7-38)71-40-4-2-1-3-5-40)58-64-44(14-23-56-50(47)64)37-17-24-59(25-18-37)33-34-15-26-61(27-16-34)54(70)62-30-21-36(22-31-62)35-19-28-60(29-20-35)39-8-11-42-43(32-39)53(69)63(52(42)68)45-12-13-46(65)57-51(45)67/h1-11,32,34-37,44-45,56H,12-31,33H2,(H2,55,66)(H,57,65,67)/t44-,45?/m0/s1. The molecule has 1 unspecified atom stereocenters. The summed E-state index contributed by atoms with van der Waals surface area (Å²) in [5.41, 5.74) is 9.38. The second-order valence-electron chi connectivity index (χ2n) is 20.8. The van der Waals surface area contributed by atoms with Crippen molar-refractivity contribution in [1.82, 2.24) is 34.7 Å². The molecule has 0 spiro atoms. The van der Waals surface area contributed by atoms with Crippen LogP contribution in [-0.4, -0.2) is 136 Å². The number of hydrogen-bond acceptors (Lipinski definition) is 11. The van der Waals surface area contributed by atoms with Gasteiger partial charge < -0.3 is 35.4 Å². The average Bonchev–Trinajstić information content (AvgIpc) is 3.91. The molecule has 372 valence electrons. The van der Waals surface area contributed by atoms with Gasteiger partial charge in [0.2, 0.25) is 11.8 Å². The zero-order valence-corrected chi connectivity index (χ0v) is 40.3. The van der Waals surface area contributed by atoms with Gasteiger partial charge in [-0.2, -0.15) is 5.10 Å². The Balaban J connectivity index is 0.613. The molecule has 17 heteroatoms. The Labute approximate surface area is 414 Å². The minimum absolute atomic E-state index is 0.0910. The number of hydrogen-bond donors (Lipinski definition) is 3. The molecule has 5 saturated heterocycles. The number of amides is 7. The number of imide groups is 2. The number of ether oxygens (including phenoxy) is 1. The van der Waals surface area contributed by atoms with Gasteiger partial charge in [0.05, 0.1) is 17.2 Å². The smallest absolute Gasteiger partial charge is 0.319 e. The SMILES string of the molecule is NC(=O)c1c(-c2ccc(Oc3ccccc3)cc2)nn2c1NCC[C@H]2C1CCN(CC2CCN(C(=O)N3CCC(C4CCN(c5ccc6c(c5)C(=O)N(C5CCC(=O)NC5=O)C6=O)CC4)CC3)CC2)CC1. The highest BCUT2D eigenvalue weighted by Crippen LogP contribution is 2.41. The number of piperidine rings is 5. The van der Waals surface area contributed by atoms with Crippen molar-refractivity contribution >= 4 is 47.1 Å². The van der Waals surface area contributed by atoms with E-state index in [0.717, 1.165) is 151 Å². The lowest BCUT2D eigenvalue weighted by molar-refractivity contribution is -0.136. The van der Waals surface area contributed by atoms with E-state index in [1.54, 1.807) is 12.1 Å². The van der Waals surface area contributed by atoms with Crippen molar-refractivity contribution in [2.75, 3.05) is 75.7 Å². The number of likely N-dealkylation sites (tertiary alicyclic amines) is 3. The number of rotatable bonds is 10. The molecule has 4 N–H and O–H groups in total. The van der Waals surface area contributed by atoms with Crippen molar-refractivity contribution in [2.45, 2.75) is 82.7 Å². The topological polar surface area (TPSA) is 196 Å².